The van der Waals surface area contributed by atoms with Crippen molar-refractivity contribution in [2.45, 2.75) is 84.0 Å². The average molecular weight is 559 g/mol. The molecule has 0 radical (unpaired) electrons. The Kier molecular flexibility index (Phi) is 12.1. The van der Waals surface area contributed by atoms with Crippen molar-refractivity contribution in [1.82, 2.24) is 20.9 Å². The minimum atomic E-state index is -1.36. The lowest BCUT2D eigenvalue weighted by Gasteiger charge is -2.28. The van der Waals surface area contributed by atoms with Crippen LogP contribution < -0.4 is 27.4 Å². The molecule has 0 spiro atoms. The molecule has 0 aliphatic heterocycles. The van der Waals surface area contributed by atoms with E-state index in [2.05, 4.69) is 20.9 Å². The Bertz CT molecular complexity index is 1190. The number of aromatic amines is 1. The lowest BCUT2D eigenvalue weighted by atomic mass is 9.96. The Morgan fingerprint density at radius 2 is 1.60 bits per heavy atom. The van der Waals surface area contributed by atoms with E-state index in [1.807, 2.05) is 45.0 Å². The van der Waals surface area contributed by atoms with E-state index in [-0.39, 0.29) is 31.1 Å². The smallest absolute Gasteiger partial charge is 0.326 e. The number of carboxylic acid groups (broad SMARTS) is 1. The fourth-order valence-electron chi connectivity index (χ4n) is 4.38. The number of benzene rings is 1. The molecule has 5 unspecified atom stereocenters. The molecular weight excluding hydrogens is 516 g/mol. The van der Waals surface area contributed by atoms with Crippen LogP contribution >= 0.6 is 0 Å². The van der Waals surface area contributed by atoms with Crippen LogP contribution in [0.2, 0.25) is 0 Å². The first kappa shape index (κ1) is 32.3. The fraction of sp³-hybridized carbons (Fsp3) is 0.536. The minimum Gasteiger partial charge on any atom is -0.480 e. The molecule has 40 heavy (non-hydrogen) atoms. The van der Waals surface area contributed by atoms with Gasteiger partial charge in [-0.25, -0.2) is 4.79 Å². The lowest BCUT2D eigenvalue weighted by Crippen LogP contribution is -2.59. The molecule has 1 aromatic carbocycles. The van der Waals surface area contributed by atoms with Gasteiger partial charge in [0, 0.05) is 29.9 Å². The standard InChI is InChI=1S/C28H42N6O6/c1-5-16(4)24(27(38)32-21(28(39)40)10-11-23(30)35)34-26(37)22(33-25(36)19(29)12-15(2)3)13-17-14-31-20-9-7-6-8-18(17)20/h6-9,14-16,19,21-22,24,31H,5,10-13,29H2,1-4H3,(H2,30,35)(H,32,38)(H,33,36)(H,34,37)(H,39,40). The van der Waals surface area contributed by atoms with E-state index in [0.29, 0.717) is 12.8 Å². The quantitative estimate of drug-likeness (QED) is 0.158. The number of primary amides is 1. The van der Waals surface area contributed by atoms with Gasteiger partial charge in [0.2, 0.25) is 23.6 Å². The fourth-order valence-corrected chi connectivity index (χ4v) is 4.38. The largest absolute Gasteiger partial charge is 0.480 e. The summed E-state index contributed by atoms with van der Waals surface area (Å²) < 4.78 is 0. The maximum absolute atomic E-state index is 13.6. The molecule has 1 aromatic heterocycles. The van der Waals surface area contributed by atoms with Crippen molar-refractivity contribution >= 4 is 40.5 Å². The van der Waals surface area contributed by atoms with Crippen molar-refractivity contribution < 1.29 is 29.1 Å². The third kappa shape index (κ3) is 9.37. The molecule has 0 fully saturated rings. The predicted molar refractivity (Wildman–Crippen MR) is 151 cm³/mol. The minimum absolute atomic E-state index is 0.126. The van der Waals surface area contributed by atoms with Crippen LogP contribution in [0.25, 0.3) is 10.9 Å². The summed E-state index contributed by atoms with van der Waals surface area (Å²) in [5.41, 5.74) is 12.9. The lowest BCUT2D eigenvalue weighted by molar-refractivity contribution is -0.143. The first-order chi connectivity index (χ1) is 18.8. The number of aromatic nitrogens is 1. The molecular formula is C28H42N6O6. The van der Waals surface area contributed by atoms with Crippen molar-refractivity contribution in [3.05, 3.63) is 36.0 Å². The normalized spacial score (nSPS) is 15.1. The highest BCUT2D eigenvalue weighted by molar-refractivity contribution is 5.95. The molecule has 4 amide bonds. The van der Waals surface area contributed by atoms with Crippen molar-refractivity contribution in [1.29, 1.82) is 0 Å². The van der Waals surface area contributed by atoms with E-state index < -0.39 is 53.8 Å². The van der Waals surface area contributed by atoms with Gasteiger partial charge in [-0.3, -0.25) is 19.2 Å². The number of carbonyl (C=O) groups excluding carboxylic acids is 4. The summed E-state index contributed by atoms with van der Waals surface area (Å²) in [4.78, 5) is 65.7. The number of rotatable bonds is 16. The molecule has 1 heterocycles. The maximum Gasteiger partial charge on any atom is 0.326 e. The Labute approximate surface area is 234 Å². The number of H-pyrrole nitrogens is 1. The number of carbonyl (C=O) groups is 5. The van der Waals surface area contributed by atoms with Gasteiger partial charge in [-0.1, -0.05) is 52.3 Å². The number of hydrogen-bond acceptors (Lipinski definition) is 6. The van der Waals surface area contributed by atoms with Gasteiger partial charge < -0.3 is 37.5 Å². The van der Waals surface area contributed by atoms with Crippen LogP contribution in [0.1, 0.15) is 58.9 Å². The number of para-hydroxylation sites is 1. The average Bonchev–Trinajstić information content (AvgIpc) is 3.30. The zero-order valence-electron chi connectivity index (χ0n) is 23.5. The summed E-state index contributed by atoms with van der Waals surface area (Å²) in [5, 5.41) is 18.3. The van der Waals surface area contributed by atoms with Gasteiger partial charge in [-0.2, -0.15) is 0 Å². The predicted octanol–water partition coefficient (Wildman–Crippen LogP) is 0.934. The van der Waals surface area contributed by atoms with E-state index in [4.69, 9.17) is 11.5 Å². The van der Waals surface area contributed by atoms with E-state index in [1.54, 1.807) is 13.1 Å². The van der Waals surface area contributed by atoms with Crippen molar-refractivity contribution in [3.63, 3.8) is 0 Å². The molecule has 0 bridgehead atoms. The zero-order valence-corrected chi connectivity index (χ0v) is 23.5. The van der Waals surface area contributed by atoms with Gasteiger partial charge in [0.05, 0.1) is 6.04 Å². The molecule has 2 rings (SSSR count). The maximum atomic E-state index is 13.6. The summed E-state index contributed by atoms with van der Waals surface area (Å²) in [6, 6.07) is 3.19. The molecule has 0 saturated carbocycles. The van der Waals surface area contributed by atoms with Gasteiger partial charge >= 0.3 is 5.97 Å². The van der Waals surface area contributed by atoms with E-state index >= 15 is 0 Å². The van der Waals surface area contributed by atoms with Crippen LogP contribution in [-0.2, 0) is 30.4 Å². The van der Waals surface area contributed by atoms with E-state index in [9.17, 15) is 29.1 Å². The van der Waals surface area contributed by atoms with Gasteiger partial charge in [-0.05, 0) is 36.3 Å². The van der Waals surface area contributed by atoms with E-state index in [1.165, 1.54) is 0 Å². The van der Waals surface area contributed by atoms with Crippen molar-refractivity contribution in [2.24, 2.45) is 23.3 Å². The van der Waals surface area contributed by atoms with Gasteiger partial charge in [0.25, 0.3) is 0 Å². The first-order valence-electron chi connectivity index (χ1n) is 13.6. The Morgan fingerprint density at radius 3 is 2.20 bits per heavy atom. The van der Waals surface area contributed by atoms with Crippen LogP contribution in [0.15, 0.2) is 30.5 Å². The summed E-state index contributed by atoms with van der Waals surface area (Å²) in [5.74, 6) is -4.05. The second-order valence-corrected chi connectivity index (χ2v) is 10.6. The first-order valence-corrected chi connectivity index (χ1v) is 13.6. The third-order valence-corrected chi connectivity index (χ3v) is 6.88. The highest BCUT2D eigenvalue weighted by Gasteiger charge is 2.33. The van der Waals surface area contributed by atoms with Gasteiger partial charge in [0.15, 0.2) is 0 Å². The van der Waals surface area contributed by atoms with Crippen molar-refractivity contribution in [3.8, 4) is 0 Å². The Morgan fingerprint density at radius 1 is 0.950 bits per heavy atom. The highest BCUT2D eigenvalue weighted by atomic mass is 16.4. The second kappa shape index (κ2) is 15.0. The number of amides is 4. The molecule has 0 aliphatic rings. The van der Waals surface area contributed by atoms with Crippen LogP contribution in [0, 0.1) is 11.8 Å². The third-order valence-electron chi connectivity index (χ3n) is 6.88. The summed E-state index contributed by atoms with van der Waals surface area (Å²) in [6.45, 7) is 7.45. The molecule has 220 valence electrons. The number of nitrogens with two attached hydrogens (primary N) is 2. The van der Waals surface area contributed by atoms with Crippen LogP contribution in [-0.4, -0.2) is 63.9 Å². The molecule has 5 atom stereocenters. The van der Waals surface area contributed by atoms with Crippen LogP contribution in [0.3, 0.4) is 0 Å². The SMILES string of the molecule is CCC(C)C(NC(=O)C(Cc1c[nH]c2ccccc12)NC(=O)C(N)CC(C)C)C(=O)NC(CCC(N)=O)C(=O)O. The Hall–Kier alpha value is -3.93. The summed E-state index contributed by atoms with van der Waals surface area (Å²) >= 11 is 0. The monoisotopic (exact) mass is 558 g/mol. The summed E-state index contributed by atoms with van der Waals surface area (Å²) in [7, 11) is 0. The topological polar surface area (TPSA) is 210 Å². The Balaban J connectivity index is 2.31. The number of aliphatic carboxylic acids is 1. The van der Waals surface area contributed by atoms with Crippen LogP contribution in [0.5, 0.6) is 0 Å². The van der Waals surface area contributed by atoms with Crippen molar-refractivity contribution in [2.75, 3.05) is 0 Å². The number of hydrogen-bond donors (Lipinski definition) is 7. The van der Waals surface area contributed by atoms with Gasteiger partial charge in [-0.15, -0.1) is 0 Å². The van der Waals surface area contributed by atoms with Crippen LogP contribution in [0.4, 0.5) is 0 Å². The summed E-state index contributed by atoms with van der Waals surface area (Å²) in [6.07, 6.45) is 2.39. The molecule has 9 N–H and O–H groups in total. The number of carboxylic acids is 1. The molecule has 2 aromatic rings. The second-order valence-electron chi connectivity index (χ2n) is 10.6. The number of fused-ring (bicyclic) bond motifs is 1. The molecule has 0 aliphatic carbocycles. The highest BCUT2D eigenvalue weighted by Crippen LogP contribution is 2.20. The zero-order chi connectivity index (χ0) is 30.0. The van der Waals surface area contributed by atoms with E-state index in [0.717, 1.165) is 16.5 Å². The van der Waals surface area contributed by atoms with Gasteiger partial charge in [0.1, 0.15) is 18.1 Å². The number of nitrogens with one attached hydrogen (secondary N) is 4. The molecule has 12 nitrogen and oxygen atoms in total. The molecule has 0 saturated heterocycles. The molecule has 12 heteroatoms.